The summed E-state index contributed by atoms with van der Waals surface area (Å²) in [6.07, 6.45) is 2.36. The van der Waals surface area contributed by atoms with Crippen molar-refractivity contribution in [3.05, 3.63) is 35.1 Å². The zero-order valence-electron chi connectivity index (χ0n) is 26.0. The molecule has 238 valence electrons. The third-order valence-corrected chi connectivity index (χ3v) is 9.04. The van der Waals surface area contributed by atoms with Gasteiger partial charge in [0.05, 0.1) is 19.1 Å². The van der Waals surface area contributed by atoms with Crippen LogP contribution >= 0.6 is 0 Å². The number of nitrogens with one attached hydrogen (secondary N) is 2. The Hall–Kier alpha value is -3.64. The molecule has 43 heavy (non-hydrogen) atoms. The fourth-order valence-electron chi connectivity index (χ4n) is 6.48. The molecule has 1 aliphatic heterocycles. The van der Waals surface area contributed by atoms with E-state index in [9.17, 15) is 34.5 Å². The molecule has 0 spiro atoms. The number of esters is 1. The first-order valence-corrected chi connectivity index (χ1v) is 14.6. The zero-order valence-corrected chi connectivity index (χ0v) is 26.0. The molecule has 12 heteroatoms. The standard InChI is InChI=1S/C31H45N3O9/c1-8-20-9-10-23(42-7)27(37)25(20)30-13-14-34(6)18(4)31(30,41)12-11-21(16-30)43-24(36)15-22(32-19(5)35)28(38)33-26(17(2)3)29(39)40/h9-11,17-18,22,26,37,41H,8,12-16H2,1-7H3,(H,32,35)(H,33,38)(H,39,40)/t18-,22?,26?,30?,31?/m1/s1. The van der Waals surface area contributed by atoms with Gasteiger partial charge in [-0.1, -0.05) is 26.8 Å². The number of methoxy groups -OCH3 is 1. The highest BCUT2D eigenvalue weighted by molar-refractivity contribution is 5.92. The van der Waals surface area contributed by atoms with Gasteiger partial charge >= 0.3 is 11.9 Å². The monoisotopic (exact) mass is 603 g/mol. The van der Waals surface area contributed by atoms with E-state index in [0.29, 0.717) is 24.9 Å². The Balaban J connectivity index is 1.95. The molecule has 1 fully saturated rings. The number of rotatable bonds is 11. The van der Waals surface area contributed by atoms with E-state index in [-0.39, 0.29) is 36.1 Å². The molecule has 12 nitrogen and oxygen atoms in total. The topological polar surface area (TPSA) is 175 Å². The van der Waals surface area contributed by atoms with Crippen molar-refractivity contribution in [2.45, 2.75) is 95.9 Å². The molecule has 5 N–H and O–H groups in total. The van der Waals surface area contributed by atoms with Crippen LogP contribution in [-0.4, -0.2) is 88.4 Å². The number of aliphatic carboxylic acids is 1. The molecular weight excluding hydrogens is 558 g/mol. The second-order valence-electron chi connectivity index (χ2n) is 12.0. The van der Waals surface area contributed by atoms with Gasteiger partial charge in [0.1, 0.15) is 17.8 Å². The summed E-state index contributed by atoms with van der Waals surface area (Å²) in [6, 6.07) is 0.674. The predicted octanol–water partition coefficient (Wildman–Crippen LogP) is 2.00. The van der Waals surface area contributed by atoms with Crippen molar-refractivity contribution in [3.63, 3.8) is 0 Å². The van der Waals surface area contributed by atoms with Crippen LogP contribution in [0.25, 0.3) is 0 Å². The lowest BCUT2D eigenvalue weighted by atomic mass is 9.54. The number of aromatic hydroxyl groups is 1. The van der Waals surface area contributed by atoms with Crippen molar-refractivity contribution >= 4 is 23.8 Å². The summed E-state index contributed by atoms with van der Waals surface area (Å²) < 4.78 is 11.2. The third kappa shape index (κ3) is 6.65. The number of piperidine rings is 1. The van der Waals surface area contributed by atoms with Crippen molar-refractivity contribution in [1.82, 2.24) is 15.5 Å². The van der Waals surface area contributed by atoms with Gasteiger partial charge in [0.15, 0.2) is 11.5 Å². The summed E-state index contributed by atoms with van der Waals surface area (Å²) in [7, 11) is 3.39. The molecule has 1 aromatic carbocycles. The summed E-state index contributed by atoms with van der Waals surface area (Å²) in [5.74, 6) is -3.42. The molecule has 1 saturated heterocycles. The minimum atomic E-state index is -1.36. The van der Waals surface area contributed by atoms with Crippen LogP contribution in [0.15, 0.2) is 24.0 Å². The minimum absolute atomic E-state index is 0.0647. The minimum Gasteiger partial charge on any atom is -0.504 e. The van der Waals surface area contributed by atoms with E-state index in [1.165, 1.54) is 14.0 Å². The number of amides is 2. The Kier molecular flexibility index (Phi) is 10.5. The number of hydrogen-bond acceptors (Lipinski definition) is 9. The lowest BCUT2D eigenvalue weighted by Crippen LogP contribution is -2.68. The van der Waals surface area contributed by atoms with Gasteiger partial charge in [-0.2, -0.15) is 0 Å². The average Bonchev–Trinajstić information content (AvgIpc) is 2.93. The van der Waals surface area contributed by atoms with Crippen molar-refractivity contribution in [2.24, 2.45) is 5.92 Å². The van der Waals surface area contributed by atoms with E-state index in [2.05, 4.69) is 15.5 Å². The van der Waals surface area contributed by atoms with Crippen molar-refractivity contribution in [1.29, 1.82) is 0 Å². The molecule has 5 atom stereocenters. The Bertz CT molecular complexity index is 1280. The number of carbonyl (C=O) groups is 4. The number of benzene rings is 1. The summed E-state index contributed by atoms with van der Waals surface area (Å²) in [5.41, 5.74) is -0.970. The maximum Gasteiger partial charge on any atom is 0.326 e. The molecule has 0 bridgehead atoms. The summed E-state index contributed by atoms with van der Waals surface area (Å²) in [5, 5.41) is 38.0. The molecule has 2 amide bonds. The number of aliphatic hydroxyl groups is 1. The number of carboxylic acid groups (broad SMARTS) is 1. The molecule has 0 saturated carbocycles. The van der Waals surface area contributed by atoms with Gasteiger partial charge < -0.3 is 40.3 Å². The summed E-state index contributed by atoms with van der Waals surface area (Å²) >= 11 is 0. The third-order valence-electron chi connectivity index (χ3n) is 9.04. The number of nitrogens with zero attached hydrogens (tertiary/aromatic N) is 1. The van der Waals surface area contributed by atoms with Gasteiger partial charge in [0.25, 0.3) is 0 Å². The zero-order chi connectivity index (χ0) is 32.3. The number of carboxylic acids is 1. The quantitative estimate of drug-likeness (QED) is 0.235. The van der Waals surface area contributed by atoms with Crippen molar-refractivity contribution in [3.8, 4) is 11.5 Å². The van der Waals surface area contributed by atoms with Gasteiger partial charge in [0.2, 0.25) is 11.8 Å². The summed E-state index contributed by atoms with van der Waals surface area (Å²) in [6.45, 7) is 8.93. The molecular formula is C31H45N3O9. The molecule has 1 aliphatic carbocycles. The first-order valence-electron chi connectivity index (χ1n) is 14.6. The molecule has 4 unspecified atom stereocenters. The number of phenols is 1. The molecule has 0 aromatic heterocycles. The Morgan fingerprint density at radius 3 is 2.42 bits per heavy atom. The van der Waals surface area contributed by atoms with Crippen LogP contribution in [0, 0.1) is 5.92 Å². The van der Waals surface area contributed by atoms with Gasteiger partial charge in [-0.25, -0.2) is 4.79 Å². The van der Waals surface area contributed by atoms with E-state index in [1.54, 1.807) is 26.0 Å². The van der Waals surface area contributed by atoms with Crippen molar-refractivity contribution < 1.29 is 44.0 Å². The van der Waals surface area contributed by atoms with E-state index in [0.717, 1.165) is 5.56 Å². The Morgan fingerprint density at radius 1 is 1.19 bits per heavy atom. The van der Waals surface area contributed by atoms with Gasteiger partial charge in [-0.05, 0) is 57.0 Å². The van der Waals surface area contributed by atoms with Crippen LogP contribution in [0.1, 0.15) is 71.4 Å². The largest absolute Gasteiger partial charge is 0.504 e. The number of ether oxygens (including phenoxy) is 2. The first kappa shape index (κ1) is 33.9. The molecule has 1 heterocycles. The van der Waals surface area contributed by atoms with Crippen molar-refractivity contribution in [2.75, 3.05) is 20.7 Å². The number of allylic oxidation sites excluding steroid dienone is 1. The molecule has 3 rings (SSSR count). The SMILES string of the molecule is CCc1ccc(OC)c(O)c1C12CCN(C)[C@H](C)C1(O)CC=C(OC(=O)CC(NC(C)=O)C(=O)NC(C(=O)O)C(C)C)C2. The Morgan fingerprint density at radius 2 is 1.86 bits per heavy atom. The fraction of sp³-hybridized carbons (Fsp3) is 0.613. The van der Waals surface area contributed by atoms with E-state index in [4.69, 9.17) is 9.47 Å². The normalized spacial score (nSPS) is 25.1. The number of hydrogen-bond donors (Lipinski definition) is 5. The Labute approximate surface area is 252 Å². The highest BCUT2D eigenvalue weighted by atomic mass is 16.5. The lowest BCUT2D eigenvalue weighted by Gasteiger charge is -2.59. The first-order chi connectivity index (χ1) is 20.1. The smallest absolute Gasteiger partial charge is 0.326 e. The van der Waals surface area contributed by atoms with Gasteiger partial charge in [0, 0.05) is 36.8 Å². The highest BCUT2D eigenvalue weighted by Gasteiger charge is 2.61. The molecule has 0 radical (unpaired) electrons. The van der Waals surface area contributed by atoms with Crippen LogP contribution in [-0.2, 0) is 35.8 Å². The van der Waals surface area contributed by atoms with Crippen LogP contribution in [0.3, 0.4) is 0 Å². The number of aryl methyl sites for hydroxylation is 1. The summed E-state index contributed by atoms with van der Waals surface area (Å²) in [4.78, 5) is 51.6. The van der Waals surface area contributed by atoms with Crippen LogP contribution in [0.2, 0.25) is 0 Å². The van der Waals surface area contributed by atoms with Crippen LogP contribution < -0.4 is 15.4 Å². The second kappa shape index (κ2) is 13.3. The maximum atomic E-state index is 13.2. The number of phenolic OH excluding ortho intramolecular Hbond substituents is 1. The maximum absolute atomic E-state index is 13.2. The van der Waals surface area contributed by atoms with E-state index >= 15 is 0 Å². The number of carbonyl (C=O) groups excluding carboxylic acids is 3. The number of likely N-dealkylation sites (N-methyl/N-ethyl adjacent to an activating group) is 1. The van der Waals surface area contributed by atoms with Gasteiger partial charge in [-0.15, -0.1) is 0 Å². The molecule has 2 aliphatic rings. The van der Waals surface area contributed by atoms with Crippen LogP contribution in [0.5, 0.6) is 11.5 Å². The predicted molar refractivity (Wildman–Crippen MR) is 157 cm³/mol. The van der Waals surface area contributed by atoms with Crippen LogP contribution in [0.4, 0.5) is 0 Å². The van der Waals surface area contributed by atoms with Gasteiger partial charge in [-0.3, -0.25) is 14.4 Å². The highest BCUT2D eigenvalue weighted by Crippen LogP contribution is 2.57. The molecule has 1 aromatic rings. The van der Waals surface area contributed by atoms with E-state index < -0.39 is 59.2 Å². The fourth-order valence-corrected chi connectivity index (χ4v) is 6.48. The van der Waals surface area contributed by atoms with E-state index in [1.807, 2.05) is 27.0 Å². The number of likely N-dealkylation sites (tertiary alicyclic amines) is 1. The second-order valence-corrected chi connectivity index (χ2v) is 12.0. The lowest BCUT2D eigenvalue weighted by molar-refractivity contribution is -0.150. The number of fused-ring (bicyclic) bond motifs is 1. The average molecular weight is 604 g/mol.